The maximum Gasteiger partial charge on any atom is 0.309 e. The molecule has 1 saturated heterocycles. The van der Waals surface area contributed by atoms with Gasteiger partial charge in [-0.25, -0.2) is 13.2 Å². The number of rotatable bonds is 5. The zero-order valence-corrected chi connectivity index (χ0v) is 17.5. The van der Waals surface area contributed by atoms with Gasteiger partial charge in [0.2, 0.25) is 0 Å². The Kier molecular flexibility index (Phi) is 6.23. The molecule has 2 aromatic rings. The number of carboxylic acid groups (broad SMARTS) is 1. The predicted molar refractivity (Wildman–Crippen MR) is 107 cm³/mol. The van der Waals surface area contributed by atoms with Crippen molar-refractivity contribution in [3.8, 4) is 11.3 Å². The maximum atomic E-state index is 14.0. The third-order valence-electron chi connectivity index (χ3n) is 6.56. The highest BCUT2D eigenvalue weighted by Crippen LogP contribution is 2.33. The van der Waals surface area contributed by atoms with Crippen molar-refractivity contribution in [2.75, 3.05) is 13.1 Å². The number of piperidine rings is 1. The SMILES string of the molecule is CC1CCCC1N1CC[C@@H](NC(=O)c2cc(-c3c(F)cc(F)cc3F)on2)[C@H](C(=O)O)C1. The molecule has 1 aliphatic carbocycles. The minimum Gasteiger partial charge on any atom is -0.481 e. The quantitative estimate of drug-likeness (QED) is 0.723. The molecule has 2 fully saturated rings. The normalized spacial score (nSPS) is 26.2. The van der Waals surface area contributed by atoms with Crippen molar-refractivity contribution in [3.05, 3.63) is 41.3 Å². The fraction of sp³-hybridized carbons (Fsp3) is 0.500. The number of benzene rings is 1. The van der Waals surface area contributed by atoms with E-state index in [0.29, 0.717) is 43.6 Å². The minimum atomic E-state index is -1.19. The van der Waals surface area contributed by atoms with Crippen LogP contribution in [0.4, 0.5) is 13.2 Å². The van der Waals surface area contributed by atoms with Crippen LogP contribution in [0.25, 0.3) is 11.3 Å². The second-order valence-corrected chi connectivity index (χ2v) is 8.60. The maximum absolute atomic E-state index is 14.0. The van der Waals surface area contributed by atoms with Gasteiger partial charge in [0.05, 0.1) is 11.5 Å². The number of hydrogen-bond donors (Lipinski definition) is 2. The van der Waals surface area contributed by atoms with Gasteiger partial charge in [0.25, 0.3) is 5.91 Å². The lowest BCUT2D eigenvalue weighted by Crippen LogP contribution is -2.56. The van der Waals surface area contributed by atoms with Crippen LogP contribution < -0.4 is 5.32 Å². The van der Waals surface area contributed by atoms with E-state index in [-0.39, 0.29) is 11.5 Å². The molecule has 2 heterocycles. The van der Waals surface area contributed by atoms with Crippen molar-refractivity contribution in [2.45, 2.75) is 44.7 Å². The van der Waals surface area contributed by atoms with Crippen LogP contribution in [0.5, 0.6) is 0 Å². The molecule has 2 unspecified atom stereocenters. The van der Waals surface area contributed by atoms with E-state index in [1.165, 1.54) is 0 Å². The lowest BCUT2D eigenvalue weighted by molar-refractivity contribution is -0.145. The van der Waals surface area contributed by atoms with Gasteiger partial charge in [0, 0.05) is 43.4 Å². The number of halogens is 3. The third kappa shape index (κ3) is 4.36. The number of nitrogens with zero attached hydrogens (tertiary/aromatic N) is 2. The summed E-state index contributed by atoms with van der Waals surface area (Å²) in [4.78, 5) is 26.7. The van der Waals surface area contributed by atoms with Gasteiger partial charge in [0.1, 0.15) is 17.5 Å². The van der Waals surface area contributed by atoms with Gasteiger partial charge in [0.15, 0.2) is 11.5 Å². The Balaban J connectivity index is 1.46. The third-order valence-corrected chi connectivity index (χ3v) is 6.56. The van der Waals surface area contributed by atoms with Crippen molar-refractivity contribution in [2.24, 2.45) is 11.8 Å². The molecule has 0 radical (unpaired) electrons. The van der Waals surface area contributed by atoms with Gasteiger partial charge in [-0.05, 0) is 25.2 Å². The predicted octanol–water partition coefficient (Wildman–Crippen LogP) is 3.45. The van der Waals surface area contributed by atoms with Gasteiger partial charge >= 0.3 is 5.97 Å². The molecule has 2 N–H and O–H groups in total. The number of hydrogen-bond acceptors (Lipinski definition) is 5. The first-order valence-corrected chi connectivity index (χ1v) is 10.6. The van der Waals surface area contributed by atoms with E-state index in [0.717, 1.165) is 25.3 Å². The first-order valence-electron chi connectivity index (χ1n) is 10.6. The fourth-order valence-electron chi connectivity index (χ4n) is 4.89. The number of carbonyl (C=O) groups is 2. The second-order valence-electron chi connectivity index (χ2n) is 8.60. The van der Waals surface area contributed by atoms with Crippen LogP contribution in [0.2, 0.25) is 0 Å². The van der Waals surface area contributed by atoms with Crippen molar-refractivity contribution in [1.29, 1.82) is 0 Å². The molecule has 7 nitrogen and oxygen atoms in total. The molecule has 2 aliphatic rings. The van der Waals surface area contributed by atoms with Crippen LogP contribution in [0, 0.1) is 29.3 Å². The van der Waals surface area contributed by atoms with Gasteiger partial charge in [-0.15, -0.1) is 0 Å². The molecular formula is C22H24F3N3O4. The molecule has 1 saturated carbocycles. The molecule has 1 aromatic carbocycles. The standard InChI is InChI=1S/C22H24F3N3O4/c1-11-3-2-4-18(11)28-6-5-16(13(10-28)22(30)31)26-21(29)17-9-19(32-27-17)20-14(24)7-12(23)8-15(20)25/h7-9,11,13,16,18H,2-6,10H2,1H3,(H,26,29)(H,30,31)/t11?,13-,16-,18?/m1/s1. The van der Waals surface area contributed by atoms with Crippen LogP contribution in [-0.4, -0.2) is 52.2 Å². The van der Waals surface area contributed by atoms with Gasteiger partial charge in [-0.1, -0.05) is 18.5 Å². The lowest BCUT2D eigenvalue weighted by atomic mass is 9.89. The summed E-state index contributed by atoms with van der Waals surface area (Å²) in [6, 6.07) is 1.77. The molecule has 1 amide bonds. The average molecular weight is 451 g/mol. The van der Waals surface area contributed by atoms with E-state index in [2.05, 4.69) is 22.3 Å². The number of nitrogens with one attached hydrogen (secondary N) is 1. The van der Waals surface area contributed by atoms with Crippen LogP contribution >= 0.6 is 0 Å². The van der Waals surface area contributed by atoms with Crippen molar-refractivity contribution >= 4 is 11.9 Å². The summed E-state index contributed by atoms with van der Waals surface area (Å²) in [5, 5.41) is 16.0. The van der Waals surface area contributed by atoms with Gasteiger partial charge in [-0.3, -0.25) is 14.5 Å². The largest absolute Gasteiger partial charge is 0.481 e. The summed E-state index contributed by atoms with van der Waals surface area (Å²) in [5.41, 5.74) is -0.889. The van der Waals surface area contributed by atoms with Crippen LogP contribution in [-0.2, 0) is 4.79 Å². The molecule has 4 rings (SSSR count). The monoisotopic (exact) mass is 451 g/mol. The minimum absolute atomic E-state index is 0.251. The Morgan fingerprint density at radius 3 is 2.50 bits per heavy atom. The highest BCUT2D eigenvalue weighted by Gasteiger charge is 2.40. The number of aromatic nitrogens is 1. The van der Waals surface area contributed by atoms with E-state index in [1.54, 1.807) is 0 Å². The molecule has 172 valence electrons. The highest BCUT2D eigenvalue weighted by atomic mass is 19.1. The molecule has 1 aliphatic heterocycles. The van der Waals surface area contributed by atoms with Crippen molar-refractivity contribution in [1.82, 2.24) is 15.4 Å². The van der Waals surface area contributed by atoms with Gasteiger partial charge < -0.3 is 14.9 Å². The van der Waals surface area contributed by atoms with Crippen LogP contribution in [0.3, 0.4) is 0 Å². The fourth-order valence-corrected chi connectivity index (χ4v) is 4.89. The highest BCUT2D eigenvalue weighted by molar-refractivity contribution is 5.93. The molecule has 10 heteroatoms. The Labute approximate surface area is 182 Å². The molecule has 4 atom stereocenters. The van der Waals surface area contributed by atoms with E-state index in [4.69, 9.17) is 4.52 Å². The van der Waals surface area contributed by atoms with E-state index >= 15 is 0 Å². The summed E-state index contributed by atoms with van der Waals surface area (Å²) in [5.74, 6) is -5.82. The van der Waals surface area contributed by atoms with E-state index in [9.17, 15) is 27.9 Å². The van der Waals surface area contributed by atoms with Crippen molar-refractivity contribution < 1.29 is 32.4 Å². The number of carbonyl (C=O) groups excluding carboxylic acids is 1. The van der Waals surface area contributed by atoms with E-state index < -0.39 is 46.9 Å². The zero-order valence-electron chi connectivity index (χ0n) is 17.5. The molecule has 1 aromatic heterocycles. The first-order chi connectivity index (χ1) is 15.2. The van der Waals surface area contributed by atoms with Crippen LogP contribution in [0.15, 0.2) is 22.7 Å². The Bertz CT molecular complexity index is 1000. The Morgan fingerprint density at radius 2 is 1.88 bits per heavy atom. The summed E-state index contributed by atoms with van der Waals surface area (Å²) in [6.07, 6.45) is 3.76. The molecule has 0 bridgehead atoms. The first kappa shape index (κ1) is 22.3. The van der Waals surface area contributed by atoms with Crippen LogP contribution in [0.1, 0.15) is 43.1 Å². The molecule has 32 heavy (non-hydrogen) atoms. The van der Waals surface area contributed by atoms with E-state index in [1.807, 2.05) is 0 Å². The average Bonchev–Trinajstić information content (AvgIpc) is 3.37. The molecular weight excluding hydrogens is 427 g/mol. The van der Waals surface area contributed by atoms with Gasteiger partial charge in [-0.2, -0.15) is 0 Å². The molecule has 0 spiro atoms. The Hall–Kier alpha value is -2.88. The topological polar surface area (TPSA) is 95.7 Å². The zero-order chi connectivity index (χ0) is 23.0. The summed E-state index contributed by atoms with van der Waals surface area (Å²) < 4.78 is 46.0. The lowest BCUT2D eigenvalue weighted by Gasteiger charge is -2.41. The number of carboxylic acids is 1. The smallest absolute Gasteiger partial charge is 0.309 e. The summed E-state index contributed by atoms with van der Waals surface area (Å²) in [7, 11) is 0. The number of aliphatic carboxylic acids is 1. The Morgan fingerprint density at radius 1 is 1.16 bits per heavy atom. The number of amides is 1. The summed E-state index contributed by atoms with van der Waals surface area (Å²) in [6.45, 7) is 3.18. The van der Waals surface area contributed by atoms with Crippen molar-refractivity contribution in [3.63, 3.8) is 0 Å². The summed E-state index contributed by atoms with van der Waals surface area (Å²) >= 11 is 0. The number of likely N-dealkylation sites (tertiary alicyclic amines) is 1. The second kappa shape index (κ2) is 8.93.